The molecule has 0 spiro atoms. The molecule has 1 nitrogen and oxygen atoms in total. The van der Waals surface area contributed by atoms with Crippen LogP contribution in [-0.2, 0) is 10.8 Å². The summed E-state index contributed by atoms with van der Waals surface area (Å²) in [6.45, 7) is 2.41. The van der Waals surface area contributed by atoms with Gasteiger partial charge in [-0.1, -0.05) is 194 Å². The van der Waals surface area contributed by atoms with E-state index in [1.54, 1.807) is 0 Å². The predicted molar refractivity (Wildman–Crippen MR) is 274 cm³/mol. The summed E-state index contributed by atoms with van der Waals surface area (Å²) in [4.78, 5) is 2.51. The summed E-state index contributed by atoms with van der Waals surface area (Å²) < 4.78 is 2.65. The van der Waals surface area contributed by atoms with Crippen molar-refractivity contribution in [1.29, 1.82) is 0 Å². The Morgan fingerprint density at radius 1 is 0.354 bits per heavy atom. The first kappa shape index (κ1) is 37.7. The Morgan fingerprint density at radius 2 is 0.908 bits per heavy atom. The quantitative estimate of drug-likeness (QED) is 0.154. The van der Waals surface area contributed by atoms with Gasteiger partial charge in [-0.2, -0.15) is 0 Å². The van der Waals surface area contributed by atoms with Gasteiger partial charge < -0.3 is 4.90 Å². The molecule has 0 aliphatic heterocycles. The van der Waals surface area contributed by atoms with Gasteiger partial charge in [-0.25, -0.2) is 0 Å². The summed E-state index contributed by atoms with van der Waals surface area (Å²) in [6.07, 6.45) is 0. The van der Waals surface area contributed by atoms with E-state index in [4.69, 9.17) is 0 Å². The molecule has 0 bridgehead atoms. The fraction of sp³-hybridized carbons (Fsp3) is 0.0476. The molecule has 2 aliphatic rings. The Balaban J connectivity index is 1.04. The molecule has 65 heavy (non-hydrogen) atoms. The fourth-order valence-corrected chi connectivity index (χ4v) is 12.6. The zero-order chi connectivity index (χ0) is 43.1. The highest BCUT2D eigenvalue weighted by molar-refractivity contribution is 7.25. The minimum Gasteiger partial charge on any atom is -0.310 e. The van der Waals surface area contributed by atoms with Crippen LogP contribution in [0.3, 0.4) is 0 Å². The third-order valence-corrected chi connectivity index (χ3v) is 15.6. The maximum absolute atomic E-state index is 2.51. The lowest BCUT2D eigenvalue weighted by Crippen LogP contribution is -2.28. The lowest BCUT2D eigenvalue weighted by molar-refractivity contribution is 0.714. The number of hydrogen-bond donors (Lipinski definition) is 0. The van der Waals surface area contributed by atoms with Crippen molar-refractivity contribution in [2.75, 3.05) is 4.90 Å². The number of fused-ring (bicyclic) bond motifs is 9. The van der Waals surface area contributed by atoms with E-state index in [-0.39, 0.29) is 5.41 Å². The molecule has 0 amide bonds. The molecule has 0 radical (unpaired) electrons. The van der Waals surface area contributed by atoms with E-state index in [9.17, 15) is 0 Å². The number of rotatable bonds is 7. The Morgan fingerprint density at radius 3 is 1.65 bits per heavy atom. The number of thiophene rings is 1. The van der Waals surface area contributed by atoms with Crippen LogP contribution in [0.2, 0.25) is 0 Å². The number of benzene rings is 10. The topological polar surface area (TPSA) is 3.24 Å². The second-order valence-corrected chi connectivity index (χ2v) is 18.8. The third-order valence-electron chi connectivity index (χ3n) is 14.4. The first-order valence-electron chi connectivity index (χ1n) is 22.6. The summed E-state index contributed by atoms with van der Waals surface area (Å²) in [5.41, 5.74) is 19.2. The predicted octanol–water partition coefficient (Wildman–Crippen LogP) is 16.9. The minimum absolute atomic E-state index is 0.328. The van der Waals surface area contributed by atoms with Gasteiger partial charge in [0.1, 0.15) is 0 Å². The van der Waals surface area contributed by atoms with Crippen LogP contribution in [0, 0.1) is 0 Å². The van der Waals surface area contributed by atoms with Gasteiger partial charge in [-0.05, 0) is 122 Å². The molecule has 1 unspecified atom stereocenters. The van der Waals surface area contributed by atoms with E-state index in [0.29, 0.717) is 0 Å². The van der Waals surface area contributed by atoms with E-state index in [0.717, 1.165) is 17.1 Å². The van der Waals surface area contributed by atoms with Crippen molar-refractivity contribution in [1.82, 2.24) is 0 Å². The van der Waals surface area contributed by atoms with Crippen molar-refractivity contribution < 1.29 is 0 Å². The van der Waals surface area contributed by atoms with Crippen LogP contribution in [0.5, 0.6) is 0 Å². The molecule has 1 heterocycles. The molecular weight excluding hydrogens is 803 g/mol. The van der Waals surface area contributed by atoms with E-state index >= 15 is 0 Å². The van der Waals surface area contributed by atoms with Gasteiger partial charge in [-0.15, -0.1) is 11.3 Å². The first-order chi connectivity index (χ1) is 32.1. The Bertz CT molecular complexity index is 3570. The molecule has 2 heteroatoms. The van der Waals surface area contributed by atoms with E-state index < -0.39 is 5.41 Å². The van der Waals surface area contributed by atoms with E-state index in [1.807, 2.05) is 11.3 Å². The maximum Gasteiger partial charge on any atom is 0.0713 e. The van der Waals surface area contributed by atoms with Gasteiger partial charge in [0, 0.05) is 42.5 Å². The molecule has 1 atom stereocenters. The van der Waals surface area contributed by atoms with Crippen molar-refractivity contribution in [2.45, 2.75) is 17.8 Å². The summed E-state index contributed by atoms with van der Waals surface area (Å²) in [5, 5.41) is 2.63. The van der Waals surface area contributed by atoms with Crippen molar-refractivity contribution in [3.05, 3.63) is 282 Å². The standard InChI is InChI=1S/C63H43NS/c1-62(44-18-5-2-6-19-44)54-27-14-12-26-51(54)61-57(62)29-17-30-58(61)64(47-35-32-42(33-36-47)43-34-39-60-53(40-43)50-25-13-16-31-59(50)65-60)48-37-38-56-52(41-48)49-24-11-15-28-55(49)63(56,45-20-7-3-8-21-45)46-22-9-4-10-23-46/h2-41H,1H3. The van der Waals surface area contributed by atoms with Gasteiger partial charge in [-0.3, -0.25) is 0 Å². The van der Waals surface area contributed by atoms with Gasteiger partial charge in [0.15, 0.2) is 0 Å². The van der Waals surface area contributed by atoms with E-state index in [2.05, 4.69) is 254 Å². The highest BCUT2D eigenvalue weighted by Crippen LogP contribution is 2.59. The van der Waals surface area contributed by atoms with Gasteiger partial charge >= 0.3 is 0 Å². The lowest BCUT2D eigenvalue weighted by atomic mass is 9.68. The number of nitrogens with zero attached hydrogens (tertiary/aromatic N) is 1. The van der Waals surface area contributed by atoms with Gasteiger partial charge in [0.2, 0.25) is 0 Å². The molecule has 11 aromatic rings. The summed E-state index contributed by atoms with van der Waals surface area (Å²) in [6, 6.07) is 90.4. The maximum atomic E-state index is 2.51. The molecule has 0 saturated carbocycles. The van der Waals surface area contributed by atoms with Crippen LogP contribution in [0.25, 0.3) is 53.6 Å². The third kappa shape index (κ3) is 5.51. The zero-order valence-corrected chi connectivity index (χ0v) is 36.8. The van der Waals surface area contributed by atoms with Crippen LogP contribution < -0.4 is 4.90 Å². The van der Waals surface area contributed by atoms with E-state index in [1.165, 1.54) is 92.5 Å². The molecule has 0 N–H and O–H groups in total. The van der Waals surface area contributed by atoms with Crippen LogP contribution in [0.15, 0.2) is 243 Å². The molecule has 306 valence electrons. The van der Waals surface area contributed by atoms with Crippen LogP contribution in [0.1, 0.15) is 45.9 Å². The Hall–Kier alpha value is -7.78. The molecule has 1 aromatic heterocycles. The summed E-state index contributed by atoms with van der Waals surface area (Å²) in [5.74, 6) is 0. The van der Waals surface area contributed by atoms with Crippen LogP contribution in [-0.4, -0.2) is 0 Å². The number of anilines is 3. The smallest absolute Gasteiger partial charge is 0.0713 e. The molecule has 0 fully saturated rings. The van der Waals surface area contributed by atoms with Crippen molar-refractivity contribution in [3.63, 3.8) is 0 Å². The van der Waals surface area contributed by atoms with Crippen LogP contribution in [0.4, 0.5) is 17.1 Å². The molecule has 13 rings (SSSR count). The molecular formula is C63H43NS. The zero-order valence-electron chi connectivity index (χ0n) is 35.9. The monoisotopic (exact) mass is 845 g/mol. The van der Waals surface area contributed by atoms with Crippen molar-refractivity contribution in [3.8, 4) is 33.4 Å². The van der Waals surface area contributed by atoms with Crippen LogP contribution >= 0.6 is 11.3 Å². The average Bonchev–Trinajstić information content (AvgIpc) is 4.00. The lowest BCUT2D eigenvalue weighted by Gasteiger charge is -2.34. The van der Waals surface area contributed by atoms with Gasteiger partial charge in [0.05, 0.1) is 11.1 Å². The highest BCUT2D eigenvalue weighted by atomic mass is 32.1. The van der Waals surface area contributed by atoms with Gasteiger partial charge in [0.25, 0.3) is 0 Å². The normalized spacial score (nSPS) is 15.3. The van der Waals surface area contributed by atoms with Crippen molar-refractivity contribution in [2.24, 2.45) is 0 Å². The second-order valence-electron chi connectivity index (χ2n) is 17.7. The molecule has 10 aromatic carbocycles. The second kappa shape index (κ2) is 14.6. The minimum atomic E-state index is -0.473. The summed E-state index contributed by atoms with van der Waals surface area (Å²) >= 11 is 1.86. The fourth-order valence-electron chi connectivity index (χ4n) is 11.5. The summed E-state index contributed by atoms with van der Waals surface area (Å²) in [7, 11) is 0. The average molecular weight is 846 g/mol. The SMILES string of the molecule is CC1(c2ccccc2)c2ccccc2-c2c(N(c3ccc(-c4ccc5sc6ccccc6c5c4)cc3)c3ccc4c(c3)-c3ccccc3C4(c3ccccc3)c3ccccc3)cccc21. The Labute approximate surface area is 384 Å². The highest BCUT2D eigenvalue weighted by Gasteiger charge is 2.47. The molecule has 2 aliphatic carbocycles. The first-order valence-corrected chi connectivity index (χ1v) is 23.4. The number of hydrogen-bond acceptors (Lipinski definition) is 2. The Kier molecular flexibility index (Phi) is 8.50. The van der Waals surface area contributed by atoms with Crippen molar-refractivity contribution >= 4 is 48.6 Å². The largest absolute Gasteiger partial charge is 0.310 e. The molecule has 0 saturated heterocycles.